The highest BCUT2D eigenvalue weighted by atomic mass is 16.4. The molecule has 0 aromatic heterocycles. The molecule has 2 atom stereocenters. The second kappa shape index (κ2) is 7.08. The Kier molecular flexibility index (Phi) is 5.16. The summed E-state index contributed by atoms with van der Waals surface area (Å²) in [7, 11) is 0. The number of hydrogen-bond acceptors (Lipinski definition) is 3. The lowest BCUT2D eigenvalue weighted by Gasteiger charge is -2.21. The minimum absolute atomic E-state index is 0.0709. The molecule has 6 heteroatoms. The first-order valence-corrected chi connectivity index (χ1v) is 7.07. The zero-order valence-corrected chi connectivity index (χ0v) is 11.7. The van der Waals surface area contributed by atoms with Gasteiger partial charge >= 0.3 is 12.0 Å². The number of carbonyl (C=O) groups is 2. The van der Waals surface area contributed by atoms with Crippen molar-refractivity contribution in [3.63, 3.8) is 0 Å². The third-order valence-corrected chi connectivity index (χ3v) is 3.59. The van der Waals surface area contributed by atoms with Gasteiger partial charge in [-0.15, -0.1) is 0 Å². The number of amides is 2. The highest BCUT2D eigenvalue weighted by molar-refractivity contribution is 5.83. The summed E-state index contributed by atoms with van der Waals surface area (Å²) >= 11 is 0. The topological polar surface area (TPSA) is 89.9 Å². The van der Waals surface area contributed by atoms with E-state index in [4.69, 9.17) is 5.11 Å². The first-order chi connectivity index (χ1) is 10.1. The Morgan fingerprint density at radius 1 is 1.29 bits per heavy atom. The molecular formula is C15H20N2O4. The summed E-state index contributed by atoms with van der Waals surface area (Å²) in [6.07, 6.45) is 0.962. The third-order valence-electron chi connectivity index (χ3n) is 3.59. The Balaban J connectivity index is 1.75. The minimum Gasteiger partial charge on any atom is -0.480 e. The molecule has 21 heavy (non-hydrogen) atoms. The molecule has 1 heterocycles. The maximum absolute atomic E-state index is 12.0. The molecule has 0 unspecified atom stereocenters. The Labute approximate surface area is 123 Å². The number of aryl methyl sites for hydroxylation is 1. The molecule has 3 N–H and O–H groups in total. The number of nitrogens with zero attached hydrogens (tertiary/aromatic N) is 1. The molecule has 2 rings (SSSR count). The van der Waals surface area contributed by atoms with E-state index in [1.165, 1.54) is 10.5 Å². The fourth-order valence-corrected chi connectivity index (χ4v) is 2.51. The molecule has 0 spiro atoms. The fourth-order valence-electron chi connectivity index (χ4n) is 2.51. The highest BCUT2D eigenvalue weighted by Gasteiger charge is 2.38. The van der Waals surface area contributed by atoms with Crippen LogP contribution in [-0.4, -0.2) is 52.3 Å². The van der Waals surface area contributed by atoms with Crippen molar-refractivity contribution in [3.8, 4) is 0 Å². The van der Waals surface area contributed by atoms with Gasteiger partial charge < -0.3 is 20.4 Å². The predicted octanol–water partition coefficient (Wildman–Crippen LogP) is 0.849. The molecule has 1 aromatic rings. The zero-order chi connectivity index (χ0) is 15.2. The summed E-state index contributed by atoms with van der Waals surface area (Å²) in [5, 5.41) is 21.3. The van der Waals surface area contributed by atoms with E-state index in [1.807, 2.05) is 30.3 Å². The number of likely N-dealkylation sites (tertiary alicyclic amines) is 1. The Morgan fingerprint density at radius 2 is 2.00 bits per heavy atom. The SMILES string of the molecule is O=C(O)[C@H]1C[C@@H](O)CN1C(=O)NCCCc1ccccc1. The predicted molar refractivity (Wildman–Crippen MR) is 76.9 cm³/mol. The van der Waals surface area contributed by atoms with Crippen molar-refractivity contribution < 1.29 is 19.8 Å². The van der Waals surface area contributed by atoms with Gasteiger partial charge in [-0.3, -0.25) is 0 Å². The summed E-state index contributed by atoms with van der Waals surface area (Å²) in [6.45, 7) is 0.550. The van der Waals surface area contributed by atoms with E-state index in [9.17, 15) is 14.7 Å². The number of aliphatic hydroxyl groups is 1. The van der Waals surface area contributed by atoms with E-state index < -0.39 is 24.1 Å². The minimum atomic E-state index is -1.08. The molecule has 0 radical (unpaired) electrons. The summed E-state index contributed by atoms with van der Waals surface area (Å²) in [4.78, 5) is 24.2. The lowest BCUT2D eigenvalue weighted by atomic mass is 10.1. The number of urea groups is 1. The zero-order valence-electron chi connectivity index (χ0n) is 11.7. The smallest absolute Gasteiger partial charge is 0.326 e. The van der Waals surface area contributed by atoms with E-state index in [2.05, 4.69) is 5.32 Å². The van der Waals surface area contributed by atoms with E-state index in [0.717, 1.165) is 12.8 Å². The van der Waals surface area contributed by atoms with Crippen molar-refractivity contribution >= 4 is 12.0 Å². The van der Waals surface area contributed by atoms with E-state index in [-0.39, 0.29) is 13.0 Å². The first kappa shape index (κ1) is 15.3. The van der Waals surface area contributed by atoms with Crippen molar-refractivity contribution in [1.82, 2.24) is 10.2 Å². The van der Waals surface area contributed by atoms with Gasteiger partial charge in [0.25, 0.3) is 0 Å². The van der Waals surface area contributed by atoms with Crippen molar-refractivity contribution in [2.24, 2.45) is 0 Å². The van der Waals surface area contributed by atoms with Crippen LogP contribution in [0, 0.1) is 0 Å². The average Bonchev–Trinajstić information content (AvgIpc) is 2.87. The van der Waals surface area contributed by atoms with Crippen molar-refractivity contribution in [3.05, 3.63) is 35.9 Å². The van der Waals surface area contributed by atoms with Crippen LogP contribution in [0.5, 0.6) is 0 Å². The molecule has 0 aliphatic carbocycles. The highest BCUT2D eigenvalue weighted by Crippen LogP contribution is 2.18. The van der Waals surface area contributed by atoms with Crippen LogP contribution in [0.25, 0.3) is 0 Å². The second-order valence-corrected chi connectivity index (χ2v) is 5.22. The van der Waals surface area contributed by atoms with Gasteiger partial charge in [-0.25, -0.2) is 9.59 Å². The number of aliphatic carboxylic acids is 1. The number of carboxylic acids is 1. The van der Waals surface area contributed by atoms with Gasteiger partial charge in [0, 0.05) is 19.5 Å². The Bertz CT molecular complexity index is 492. The normalized spacial score (nSPS) is 21.3. The standard InChI is InChI=1S/C15H20N2O4/c18-12-9-13(14(19)20)17(10-12)15(21)16-8-4-7-11-5-2-1-3-6-11/h1-3,5-6,12-13,18H,4,7-10H2,(H,16,21)(H,19,20)/t12-,13-/m1/s1. The number of carboxylic acid groups (broad SMARTS) is 1. The van der Waals surface area contributed by atoms with Crippen LogP contribution in [-0.2, 0) is 11.2 Å². The van der Waals surface area contributed by atoms with Crippen molar-refractivity contribution in [2.45, 2.75) is 31.4 Å². The number of rotatable bonds is 5. The molecule has 0 saturated carbocycles. The Hall–Kier alpha value is -2.08. The molecule has 0 bridgehead atoms. The lowest BCUT2D eigenvalue weighted by Crippen LogP contribution is -2.46. The van der Waals surface area contributed by atoms with Crippen LogP contribution in [0.3, 0.4) is 0 Å². The van der Waals surface area contributed by atoms with Gasteiger partial charge in [-0.2, -0.15) is 0 Å². The number of hydrogen-bond donors (Lipinski definition) is 3. The molecule has 6 nitrogen and oxygen atoms in total. The van der Waals surface area contributed by atoms with E-state index in [0.29, 0.717) is 6.54 Å². The van der Waals surface area contributed by atoms with Crippen molar-refractivity contribution in [2.75, 3.05) is 13.1 Å². The van der Waals surface area contributed by atoms with Crippen LogP contribution in [0.4, 0.5) is 4.79 Å². The van der Waals surface area contributed by atoms with Gasteiger partial charge in [0.1, 0.15) is 6.04 Å². The molecule has 1 aromatic carbocycles. The van der Waals surface area contributed by atoms with Crippen LogP contribution in [0.15, 0.2) is 30.3 Å². The molecule has 2 amide bonds. The average molecular weight is 292 g/mol. The van der Waals surface area contributed by atoms with E-state index >= 15 is 0 Å². The van der Waals surface area contributed by atoms with Crippen molar-refractivity contribution in [1.29, 1.82) is 0 Å². The monoisotopic (exact) mass is 292 g/mol. The van der Waals surface area contributed by atoms with Crippen LogP contribution < -0.4 is 5.32 Å². The van der Waals surface area contributed by atoms with Gasteiger partial charge in [0.2, 0.25) is 0 Å². The van der Waals surface area contributed by atoms with Gasteiger partial charge in [0.05, 0.1) is 6.10 Å². The van der Waals surface area contributed by atoms with Gasteiger partial charge in [-0.05, 0) is 18.4 Å². The molecule has 1 saturated heterocycles. The first-order valence-electron chi connectivity index (χ1n) is 7.07. The number of β-amino-alcohol motifs (C(OH)–C–C–N with tert-alkyl or cyclic N) is 1. The summed E-state index contributed by atoms with van der Waals surface area (Å²) in [5.74, 6) is -1.08. The Morgan fingerprint density at radius 3 is 2.67 bits per heavy atom. The summed E-state index contributed by atoms with van der Waals surface area (Å²) in [6, 6.07) is 8.59. The fraction of sp³-hybridized carbons (Fsp3) is 0.467. The number of nitrogens with one attached hydrogen (secondary N) is 1. The molecule has 1 fully saturated rings. The van der Waals surface area contributed by atoms with Crippen LogP contribution >= 0.6 is 0 Å². The molecular weight excluding hydrogens is 272 g/mol. The molecule has 1 aliphatic rings. The van der Waals surface area contributed by atoms with Gasteiger partial charge in [-0.1, -0.05) is 30.3 Å². The summed E-state index contributed by atoms with van der Waals surface area (Å²) in [5.41, 5.74) is 1.20. The molecule has 114 valence electrons. The maximum atomic E-state index is 12.0. The van der Waals surface area contributed by atoms with Gasteiger partial charge in [0.15, 0.2) is 0 Å². The lowest BCUT2D eigenvalue weighted by molar-refractivity contribution is -0.141. The quantitative estimate of drug-likeness (QED) is 0.702. The third kappa shape index (κ3) is 4.19. The maximum Gasteiger partial charge on any atom is 0.326 e. The van der Waals surface area contributed by atoms with Crippen LogP contribution in [0.1, 0.15) is 18.4 Å². The second-order valence-electron chi connectivity index (χ2n) is 5.22. The number of aliphatic hydroxyl groups excluding tert-OH is 1. The molecule has 1 aliphatic heterocycles. The van der Waals surface area contributed by atoms with Crippen LogP contribution in [0.2, 0.25) is 0 Å². The largest absolute Gasteiger partial charge is 0.480 e. The number of carbonyl (C=O) groups excluding carboxylic acids is 1. The number of benzene rings is 1. The van der Waals surface area contributed by atoms with E-state index in [1.54, 1.807) is 0 Å². The summed E-state index contributed by atoms with van der Waals surface area (Å²) < 4.78 is 0.